The fourth-order valence-electron chi connectivity index (χ4n) is 0.953. The highest BCUT2D eigenvalue weighted by molar-refractivity contribution is 8.00. The second-order valence-corrected chi connectivity index (χ2v) is 6.64. The average Bonchev–Trinajstić information content (AvgIpc) is 2.24. The van der Waals surface area contributed by atoms with Gasteiger partial charge in [0.15, 0.2) is 0 Å². The van der Waals surface area contributed by atoms with E-state index in [2.05, 4.69) is 0 Å². The van der Waals surface area contributed by atoms with E-state index in [1.807, 2.05) is 18.2 Å². The summed E-state index contributed by atoms with van der Waals surface area (Å²) >= 11 is 17.6. The molecule has 3 nitrogen and oxygen atoms in total. The quantitative estimate of drug-likeness (QED) is 0.401. The van der Waals surface area contributed by atoms with Gasteiger partial charge in [-0.1, -0.05) is 46.9 Å². The molecule has 0 amide bonds. The standard InChI is InChI=1S/C10H10Cl3NO2S/c11-10(12,13)6-16-9(15)5-17-8-4-2-1-3-7(8)14/h1-4H,5-6,14H2. The van der Waals surface area contributed by atoms with Crippen LogP contribution in [0.15, 0.2) is 29.2 Å². The van der Waals surface area contributed by atoms with E-state index in [9.17, 15) is 4.79 Å². The normalized spacial score (nSPS) is 11.2. The monoisotopic (exact) mass is 313 g/mol. The maximum Gasteiger partial charge on any atom is 0.316 e. The van der Waals surface area contributed by atoms with E-state index >= 15 is 0 Å². The zero-order chi connectivity index (χ0) is 12.9. The Kier molecular flexibility index (Phi) is 5.73. The molecule has 1 aromatic carbocycles. The largest absolute Gasteiger partial charge is 0.460 e. The molecule has 94 valence electrons. The van der Waals surface area contributed by atoms with Crippen LogP contribution in [0.3, 0.4) is 0 Å². The van der Waals surface area contributed by atoms with Gasteiger partial charge in [-0.05, 0) is 12.1 Å². The smallest absolute Gasteiger partial charge is 0.316 e. The second kappa shape index (κ2) is 6.59. The number of nitrogen functional groups attached to an aromatic ring is 1. The number of hydrogen-bond acceptors (Lipinski definition) is 4. The lowest BCUT2D eigenvalue weighted by atomic mass is 10.3. The summed E-state index contributed by atoms with van der Waals surface area (Å²) in [6, 6.07) is 7.24. The van der Waals surface area contributed by atoms with Crippen LogP contribution in [0.1, 0.15) is 0 Å². The summed E-state index contributed by atoms with van der Waals surface area (Å²) < 4.78 is 3.19. The number of benzene rings is 1. The molecule has 0 heterocycles. The Balaban J connectivity index is 2.36. The van der Waals surface area contributed by atoms with E-state index < -0.39 is 9.76 Å². The van der Waals surface area contributed by atoms with E-state index in [0.29, 0.717) is 5.69 Å². The zero-order valence-electron chi connectivity index (χ0n) is 8.66. The molecule has 0 spiro atoms. The van der Waals surface area contributed by atoms with Crippen molar-refractivity contribution in [1.29, 1.82) is 0 Å². The minimum absolute atomic E-state index is 0.120. The van der Waals surface area contributed by atoms with Gasteiger partial charge in [0.25, 0.3) is 0 Å². The van der Waals surface area contributed by atoms with Crippen LogP contribution in [0, 0.1) is 0 Å². The van der Waals surface area contributed by atoms with Crippen LogP contribution in [-0.4, -0.2) is 22.1 Å². The molecule has 2 N–H and O–H groups in total. The van der Waals surface area contributed by atoms with Gasteiger partial charge in [-0.3, -0.25) is 4.79 Å². The summed E-state index contributed by atoms with van der Waals surface area (Å²) in [5.41, 5.74) is 6.33. The van der Waals surface area contributed by atoms with E-state index in [1.54, 1.807) is 6.07 Å². The number of alkyl halides is 3. The van der Waals surface area contributed by atoms with Gasteiger partial charge in [0.1, 0.15) is 6.61 Å². The molecule has 0 aromatic heterocycles. The van der Waals surface area contributed by atoms with Crippen LogP contribution in [0.4, 0.5) is 5.69 Å². The predicted molar refractivity (Wildman–Crippen MR) is 72.8 cm³/mol. The van der Waals surface area contributed by atoms with Crippen molar-refractivity contribution >= 4 is 58.2 Å². The van der Waals surface area contributed by atoms with Crippen LogP contribution in [-0.2, 0) is 9.53 Å². The van der Waals surface area contributed by atoms with Gasteiger partial charge >= 0.3 is 5.97 Å². The molecular formula is C10H10Cl3NO2S. The third-order valence-electron chi connectivity index (χ3n) is 1.66. The van der Waals surface area contributed by atoms with E-state index in [1.165, 1.54) is 11.8 Å². The third-order valence-corrected chi connectivity index (χ3v) is 3.05. The van der Waals surface area contributed by atoms with Crippen molar-refractivity contribution in [1.82, 2.24) is 0 Å². The predicted octanol–water partition coefficient (Wildman–Crippen LogP) is 3.27. The maximum absolute atomic E-state index is 11.3. The number of thioether (sulfide) groups is 1. The van der Waals surface area contributed by atoms with Crippen molar-refractivity contribution in [2.24, 2.45) is 0 Å². The lowest BCUT2D eigenvalue weighted by Crippen LogP contribution is -2.18. The van der Waals surface area contributed by atoms with Crippen LogP contribution in [0.25, 0.3) is 0 Å². The van der Waals surface area contributed by atoms with E-state index in [-0.39, 0.29) is 12.4 Å². The Morgan fingerprint density at radius 2 is 2.00 bits per heavy atom. The summed E-state index contributed by atoms with van der Waals surface area (Å²) in [6.07, 6.45) is 0. The lowest BCUT2D eigenvalue weighted by Gasteiger charge is -2.11. The van der Waals surface area contributed by atoms with Crippen molar-refractivity contribution in [3.63, 3.8) is 0 Å². The fourth-order valence-corrected chi connectivity index (χ4v) is 1.88. The van der Waals surface area contributed by atoms with Crippen LogP contribution in [0.5, 0.6) is 0 Å². The molecule has 0 aliphatic carbocycles. The van der Waals surface area contributed by atoms with Gasteiger partial charge < -0.3 is 10.5 Å². The Bertz CT molecular complexity index is 395. The summed E-state index contributed by atoms with van der Waals surface area (Å²) in [6.45, 7) is -0.263. The number of rotatable bonds is 4. The van der Waals surface area contributed by atoms with Gasteiger partial charge in [0.05, 0.1) is 5.75 Å². The lowest BCUT2D eigenvalue weighted by molar-refractivity contribution is -0.140. The number of carbonyl (C=O) groups is 1. The summed E-state index contributed by atoms with van der Waals surface area (Å²) in [7, 11) is 0. The number of halogens is 3. The number of anilines is 1. The molecule has 0 radical (unpaired) electrons. The summed E-state index contributed by atoms with van der Waals surface area (Å²) in [5, 5.41) is 0. The first-order valence-electron chi connectivity index (χ1n) is 4.58. The molecule has 1 rings (SSSR count). The number of para-hydroxylation sites is 1. The van der Waals surface area contributed by atoms with Gasteiger partial charge in [0.2, 0.25) is 3.79 Å². The minimum Gasteiger partial charge on any atom is -0.460 e. The minimum atomic E-state index is -1.58. The first kappa shape index (κ1) is 14.8. The van der Waals surface area contributed by atoms with Crippen LogP contribution >= 0.6 is 46.6 Å². The van der Waals surface area contributed by atoms with Crippen LogP contribution in [0.2, 0.25) is 0 Å². The molecule has 0 bridgehead atoms. The van der Waals surface area contributed by atoms with Gasteiger partial charge in [0, 0.05) is 10.6 Å². The number of nitrogens with two attached hydrogens (primary N) is 1. The number of ether oxygens (including phenoxy) is 1. The number of carbonyl (C=O) groups excluding carboxylic acids is 1. The zero-order valence-corrected chi connectivity index (χ0v) is 11.7. The van der Waals surface area contributed by atoms with Crippen molar-refractivity contribution < 1.29 is 9.53 Å². The molecule has 7 heteroatoms. The van der Waals surface area contributed by atoms with Crippen molar-refractivity contribution in [2.75, 3.05) is 18.1 Å². The third kappa shape index (κ3) is 6.27. The summed E-state index contributed by atoms with van der Waals surface area (Å²) in [4.78, 5) is 12.1. The highest BCUT2D eigenvalue weighted by Gasteiger charge is 2.22. The van der Waals surface area contributed by atoms with Crippen LogP contribution < -0.4 is 5.73 Å². The fraction of sp³-hybridized carbons (Fsp3) is 0.300. The number of esters is 1. The Labute approximate surface area is 119 Å². The van der Waals surface area contributed by atoms with Crippen molar-refractivity contribution in [3.8, 4) is 0 Å². The van der Waals surface area contributed by atoms with E-state index in [0.717, 1.165) is 4.90 Å². The first-order valence-corrected chi connectivity index (χ1v) is 6.70. The Morgan fingerprint density at radius 3 is 2.59 bits per heavy atom. The summed E-state index contributed by atoms with van der Waals surface area (Å²) in [5.74, 6) is -0.334. The average molecular weight is 315 g/mol. The molecule has 0 saturated heterocycles. The SMILES string of the molecule is Nc1ccccc1SCC(=O)OCC(Cl)(Cl)Cl. The van der Waals surface area contributed by atoms with Crippen molar-refractivity contribution in [2.45, 2.75) is 8.69 Å². The van der Waals surface area contributed by atoms with Gasteiger partial charge in [-0.15, -0.1) is 11.8 Å². The molecule has 0 unspecified atom stereocenters. The molecule has 0 aliphatic rings. The van der Waals surface area contributed by atoms with Crippen molar-refractivity contribution in [3.05, 3.63) is 24.3 Å². The molecule has 0 aliphatic heterocycles. The molecule has 17 heavy (non-hydrogen) atoms. The maximum atomic E-state index is 11.3. The Morgan fingerprint density at radius 1 is 1.35 bits per heavy atom. The second-order valence-electron chi connectivity index (χ2n) is 3.10. The highest BCUT2D eigenvalue weighted by Crippen LogP contribution is 2.27. The number of hydrogen-bond donors (Lipinski definition) is 1. The first-order chi connectivity index (χ1) is 7.88. The Hall–Kier alpha value is -0.290. The molecule has 1 aromatic rings. The molecular weight excluding hydrogens is 305 g/mol. The molecule has 0 saturated carbocycles. The molecule has 0 fully saturated rings. The highest BCUT2D eigenvalue weighted by atomic mass is 35.6. The van der Waals surface area contributed by atoms with Gasteiger partial charge in [-0.25, -0.2) is 0 Å². The molecule has 0 atom stereocenters. The topological polar surface area (TPSA) is 52.3 Å². The van der Waals surface area contributed by atoms with E-state index in [4.69, 9.17) is 45.3 Å². The van der Waals surface area contributed by atoms with Gasteiger partial charge in [-0.2, -0.15) is 0 Å².